The largest absolute Gasteiger partial charge is 0.486 e. The van der Waals surface area contributed by atoms with Crippen LogP contribution in [0.5, 0.6) is 11.5 Å². The molecule has 22 heavy (non-hydrogen) atoms. The molecule has 0 spiro atoms. The number of halogens is 1. The quantitative estimate of drug-likeness (QED) is 0.876. The van der Waals surface area contributed by atoms with Crippen LogP contribution in [0, 0.1) is 0 Å². The summed E-state index contributed by atoms with van der Waals surface area (Å²) in [4.78, 5) is 12.0. The highest BCUT2D eigenvalue weighted by atomic mass is 79.9. The first-order valence-electron chi connectivity index (χ1n) is 6.90. The molecular weight excluding hydrogens is 348 g/mol. The average molecular weight is 363 g/mol. The Hall–Kier alpha value is -2.21. The monoisotopic (exact) mass is 362 g/mol. The van der Waals surface area contributed by atoms with Crippen molar-refractivity contribution in [1.82, 2.24) is 0 Å². The summed E-state index contributed by atoms with van der Waals surface area (Å²) in [5.41, 5.74) is 1.56. The molecule has 1 aliphatic heterocycles. The summed E-state index contributed by atoms with van der Waals surface area (Å²) in [6.07, 6.45) is 0. The van der Waals surface area contributed by atoms with E-state index in [1.54, 1.807) is 18.2 Å². The fourth-order valence-corrected chi connectivity index (χ4v) is 2.53. The Morgan fingerprint density at radius 2 is 1.86 bits per heavy atom. The molecule has 0 atom stereocenters. The van der Waals surface area contributed by atoms with Crippen LogP contribution >= 0.6 is 15.9 Å². The van der Waals surface area contributed by atoms with Gasteiger partial charge in [0.15, 0.2) is 11.5 Å². The minimum absolute atomic E-state index is 0.132. The summed E-state index contributed by atoms with van der Waals surface area (Å²) in [6, 6.07) is 13.0. The summed E-state index contributed by atoms with van der Waals surface area (Å²) >= 11 is 3.43. The molecule has 0 saturated carbocycles. The lowest BCUT2D eigenvalue weighted by Crippen LogP contribution is -2.22. The highest BCUT2D eigenvalue weighted by Gasteiger charge is 2.12. The Kier molecular flexibility index (Phi) is 4.48. The molecule has 0 fully saturated rings. The number of anilines is 2. The Bertz CT molecular complexity index is 691. The fraction of sp³-hybridized carbons (Fsp3) is 0.188. The molecule has 1 amide bonds. The molecule has 0 saturated heterocycles. The van der Waals surface area contributed by atoms with Gasteiger partial charge in [-0.1, -0.05) is 12.1 Å². The molecule has 0 radical (unpaired) electrons. The third-order valence-corrected chi connectivity index (χ3v) is 3.83. The predicted octanol–water partition coefficient (Wildman–Crippen LogP) is 3.27. The van der Waals surface area contributed by atoms with E-state index >= 15 is 0 Å². The minimum atomic E-state index is -0.132. The number of benzene rings is 2. The van der Waals surface area contributed by atoms with Gasteiger partial charge in [0.2, 0.25) is 5.91 Å². The van der Waals surface area contributed by atoms with E-state index in [2.05, 4.69) is 26.6 Å². The predicted molar refractivity (Wildman–Crippen MR) is 88.7 cm³/mol. The van der Waals surface area contributed by atoms with E-state index in [1.807, 2.05) is 24.3 Å². The van der Waals surface area contributed by atoms with Gasteiger partial charge in [-0.2, -0.15) is 0 Å². The standard InChI is InChI=1S/C16H15BrN2O3/c17-12-3-1-2-4-13(12)18-10-16(20)19-11-5-6-14-15(9-11)22-8-7-21-14/h1-6,9,18H,7-8,10H2,(H,19,20). The van der Waals surface area contributed by atoms with Crippen LogP contribution in [0.3, 0.4) is 0 Å². The molecule has 5 nitrogen and oxygen atoms in total. The molecule has 114 valence electrons. The molecule has 0 aromatic heterocycles. The van der Waals surface area contributed by atoms with Gasteiger partial charge in [-0.05, 0) is 40.2 Å². The topological polar surface area (TPSA) is 59.6 Å². The van der Waals surface area contributed by atoms with Crippen molar-refractivity contribution < 1.29 is 14.3 Å². The van der Waals surface area contributed by atoms with Gasteiger partial charge in [-0.3, -0.25) is 4.79 Å². The number of fused-ring (bicyclic) bond motifs is 1. The number of hydrogen-bond acceptors (Lipinski definition) is 4. The Labute approximate surface area is 136 Å². The number of carbonyl (C=O) groups excluding carboxylic acids is 1. The second-order valence-electron chi connectivity index (χ2n) is 4.74. The van der Waals surface area contributed by atoms with E-state index in [9.17, 15) is 4.79 Å². The van der Waals surface area contributed by atoms with Crippen molar-refractivity contribution in [3.63, 3.8) is 0 Å². The Balaban J connectivity index is 1.59. The molecule has 0 aliphatic carbocycles. The van der Waals surface area contributed by atoms with Crippen LogP contribution in [0.1, 0.15) is 0 Å². The molecule has 6 heteroatoms. The molecule has 2 N–H and O–H groups in total. The molecular formula is C16H15BrN2O3. The summed E-state index contributed by atoms with van der Waals surface area (Å²) in [5.74, 6) is 1.23. The lowest BCUT2D eigenvalue weighted by atomic mass is 10.2. The summed E-state index contributed by atoms with van der Waals surface area (Å²) in [7, 11) is 0. The number of ether oxygens (including phenoxy) is 2. The zero-order chi connectivity index (χ0) is 15.4. The lowest BCUT2D eigenvalue weighted by molar-refractivity contribution is -0.114. The molecule has 1 heterocycles. The highest BCUT2D eigenvalue weighted by Crippen LogP contribution is 2.32. The van der Waals surface area contributed by atoms with Crippen molar-refractivity contribution in [2.75, 3.05) is 30.4 Å². The summed E-state index contributed by atoms with van der Waals surface area (Å²) < 4.78 is 11.9. The van der Waals surface area contributed by atoms with Gasteiger partial charge >= 0.3 is 0 Å². The van der Waals surface area contributed by atoms with Crippen molar-refractivity contribution in [2.24, 2.45) is 0 Å². The fourth-order valence-electron chi connectivity index (χ4n) is 2.11. The highest BCUT2D eigenvalue weighted by molar-refractivity contribution is 9.10. The number of carbonyl (C=O) groups is 1. The van der Waals surface area contributed by atoms with Gasteiger partial charge < -0.3 is 20.1 Å². The average Bonchev–Trinajstić information content (AvgIpc) is 2.54. The zero-order valence-corrected chi connectivity index (χ0v) is 13.4. The second-order valence-corrected chi connectivity index (χ2v) is 5.59. The molecule has 2 aromatic carbocycles. The number of amides is 1. The van der Waals surface area contributed by atoms with Crippen molar-refractivity contribution in [1.29, 1.82) is 0 Å². The van der Waals surface area contributed by atoms with Crippen LogP contribution in [0.2, 0.25) is 0 Å². The van der Waals surface area contributed by atoms with E-state index in [1.165, 1.54) is 0 Å². The first-order valence-corrected chi connectivity index (χ1v) is 7.69. The van der Waals surface area contributed by atoms with Crippen LogP contribution < -0.4 is 20.1 Å². The van der Waals surface area contributed by atoms with Gasteiger partial charge in [0.1, 0.15) is 13.2 Å². The third-order valence-electron chi connectivity index (χ3n) is 3.14. The van der Waals surface area contributed by atoms with Gasteiger partial charge in [0.25, 0.3) is 0 Å². The third kappa shape index (κ3) is 3.51. The molecule has 0 unspecified atom stereocenters. The van der Waals surface area contributed by atoms with Crippen LogP contribution in [0.4, 0.5) is 11.4 Å². The first kappa shape index (κ1) is 14.7. The first-order chi connectivity index (χ1) is 10.7. The van der Waals surface area contributed by atoms with Crippen LogP contribution in [0.15, 0.2) is 46.9 Å². The van der Waals surface area contributed by atoms with Crippen molar-refractivity contribution in [2.45, 2.75) is 0 Å². The Morgan fingerprint density at radius 3 is 2.68 bits per heavy atom. The summed E-state index contributed by atoms with van der Waals surface area (Å²) in [5, 5.41) is 5.91. The summed E-state index contributed by atoms with van der Waals surface area (Å²) in [6.45, 7) is 1.25. The second kappa shape index (κ2) is 6.70. The van der Waals surface area contributed by atoms with Crippen LogP contribution in [0.25, 0.3) is 0 Å². The normalized spacial score (nSPS) is 12.6. The van der Waals surface area contributed by atoms with E-state index in [-0.39, 0.29) is 12.5 Å². The van der Waals surface area contributed by atoms with Crippen LogP contribution in [-0.4, -0.2) is 25.7 Å². The number of hydrogen-bond donors (Lipinski definition) is 2. The van der Waals surface area contributed by atoms with Gasteiger partial charge in [0.05, 0.1) is 6.54 Å². The maximum Gasteiger partial charge on any atom is 0.243 e. The number of para-hydroxylation sites is 1. The molecule has 2 aromatic rings. The van der Waals surface area contributed by atoms with Crippen molar-refractivity contribution >= 4 is 33.2 Å². The van der Waals surface area contributed by atoms with E-state index < -0.39 is 0 Å². The van der Waals surface area contributed by atoms with E-state index in [0.717, 1.165) is 10.2 Å². The van der Waals surface area contributed by atoms with Crippen molar-refractivity contribution in [3.05, 3.63) is 46.9 Å². The smallest absolute Gasteiger partial charge is 0.243 e. The van der Waals surface area contributed by atoms with E-state index in [0.29, 0.717) is 30.4 Å². The maximum atomic E-state index is 12.0. The number of nitrogens with one attached hydrogen (secondary N) is 2. The van der Waals surface area contributed by atoms with Gasteiger partial charge in [-0.25, -0.2) is 0 Å². The molecule has 0 bridgehead atoms. The molecule has 1 aliphatic rings. The lowest BCUT2D eigenvalue weighted by Gasteiger charge is -2.19. The zero-order valence-electron chi connectivity index (χ0n) is 11.8. The van der Waals surface area contributed by atoms with E-state index in [4.69, 9.17) is 9.47 Å². The van der Waals surface area contributed by atoms with Gasteiger partial charge in [0, 0.05) is 21.9 Å². The number of rotatable bonds is 4. The molecule has 3 rings (SSSR count). The SMILES string of the molecule is O=C(CNc1ccccc1Br)Nc1ccc2c(c1)OCCO2. The Morgan fingerprint density at radius 1 is 1.09 bits per heavy atom. The minimum Gasteiger partial charge on any atom is -0.486 e. The van der Waals surface area contributed by atoms with Crippen LogP contribution in [-0.2, 0) is 4.79 Å². The van der Waals surface area contributed by atoms with Crippen molar-refractivity contribution in [3.8, 4) is 11.5 Å². The van der Waals surface area contributed by atoms with Gasteiger partial charge in [-0.15, -0.1) is 0 Å². The maximum absolute atomic E-state index is 12.0.